The molecule has 0 unspecified atom stereocenters. The summed E-state index contributed by atoms with van der Waals surface area (Å²) in [6, 6.07) is 10.3. The van der Waals surface area contributed by atoms with Crippen LogP contribution in [0.5, 0.6) is 0 Å². The SMILES string of the molecule is O=C(CCN=C1NS(=O)(=O)c2ccccc21)NCCCOCc1ccco1. The Kier molecular flexibility index (Phi) is 6.25. The molecule has 0 bridgehead atoms. The van der Waals surface area contributed by atoms with E-state index in [4.69, 9.17) is 9.15 Å². The van der Waals surface area contributed by atoms with Crippen molar-refractivity contribution in [3.63, 3.8) is 0 Å². The molecule has 1 aromatic carbocycles. The van der Waals surface area contributed by atoms with Crippen LogP contribution in [0.1, 0.15) is 24.2 Å². The molecule has 8 nitrogen and oxygen atoms in total. The summed E-state index contributed by atoms with van der Waals surface area (Å²) in [5.74, 6) is 0.909. The van der Waals surface area contributed by atoms with E-state index >= 15 is 0 Å². The van der Waals surface area contributed by atoms with Gasteiger partial charge in [0.05, 0.1) is 17.7 Å². The lowest BCUT2D eigenvalue weighted by atomic mass is 10.2. The number of furan rings is 1. The summed E-state index contributed by atoms with van der Waals surface area (Å²) in [4.78, 5) is 16.3. The molecule has 1 aliphatic heterocycles. The van der Waals surface area contributed by atoms with Crippen LogP contribution in [0.3, 0.4) is 0 Å². The third kappa shape index (κ3) is 5.18. The molecule has 1 aliphatic rings. The molecule has 0 aliphatic carbocycles. The lowest BCUT2D eigenvalue weighted by molar-refractivity contribution is -0.120. The van der Waals surface area contributed by atoms with Crippen LogP contribution in [0.15, 0.2) is 57.0 Å². The quantitative estimate of drug-likeness (QED) is 0.629. The minimum atomic E-state index is -3.55. The van der Waals surface area contributed by atoms with Crippen molar-refractivity contribution in [2.24, 2.45) is 4.99 Å². The van der Waals surface area contributed by atoms with E-state index < -0.39 is 10.0 Å². The highest BCUT2D eigenvalue weighted by Gasteiger charge is 2.29. The Bertz CT molecular complexity index is 907. The first-order valence-electron chi connectivity index (χ1n) is 8.60. The van der Waals surface area contributed by atoms with Crippen LogP contribution < -0.4 is 10.0 Å². The highest BCUT2D eigenvalue weighted by Crippen LogP contribution is 2.22. The first kappa shape index (κ1) is 19.1. The Labute approximate surface area is 157 Å². The van der Waals surface area contributed by atoms with Crippen molar-refractivity contribution in [3.05, 3.63) is 54.0 Å². The zero-order valence-electron chi connectivity index (χ0n) is 14.7. The molecular weight excluding hydrogens is 370 g/mol. The van der Waals surface area contributed by atoms with Crippen molar-refractivity contribution >= 4 is 21.8 Å². The molecule has 2 N–H and O–H groups in total. The van der Waals surface area contributed by atoms with E-state index in [-0.39, 0.29) is 29.6 Å². The van der Waals surface area contributed by atoms with Gasteiger partial charge in [-0.15, -0.1) is 0 Å². The Balaban J connectivity index is 1.34. The zero-order valence-corrected chi connectivity index (χ0v) is 15.5. The van der Waals surface area contributed by atoms with Gasteiger partial charge in [0.2, 0.25) is 5.91 Å². The van der Waals surface area contributed by atoms with Gasteiger partial charge in [-0.25, -0.2) is 8.42 Å². The Morgan fingerprint density at radius 1 is 1.22 bits per heavy atom. The van der Waals surface area contributed by atoms with Crippen molar-refractivity contribution in [3.8, 4) is 0 Å². The fraction of sp³-hybridized carbons (Fsp3) is 0.333. The van der Waals surface area contributed by atoms with E-state index in [9.17, 15) is 13.2 Å². The predicted octanol–water partition coefficient (Wildman–Crippen LogP) is 1.43. The second kappa shape index (κ2) is 8.83. The van der Waals surface area contributed by atoms with Gasteiger partial charge in [-0.05, 0) is 30.7 Å². The molecule has 0 saturated carbocycles. The van der Waals surface area contributed by atoms with Gasteiger partial charge in [0.1, 0.15) is 18.2 Å². The topological polar surface area (TPSA) is 110 Å². The minimum absolute atomic E-state index is 0.139. The van der Waals surface area contributed by atoms with Crippen LogP contribution in [0, 0.1) is 0 Å². The molecule has 3 rings (SSSR count). The maximum absolute atomic E-state index is 12.0. The van der Waals surface area contributed by atoms with Gasteiger partial charge < -0.3 is 14.5 Å². The fourth-order valence-electron chi connectivity index (χ4n) is 2.58. The molecule has 27 heavy (non-hydrogen) atoms. The number of nitrogens with zero attached hydrogens (tertiary/aromatic N) is 1. The summed E-state index contributed by atoms with van der Waals surface area (Å²) >= 11 is 0. The van der Waals surface area contributed by atoms with Gasteiger partial charge in [-0.2, -0.15) is 0 Å². The lowest BCUT2D eigenvalue weighted by Gasteiger charge is -2.05. The smallest absolute Gasteiger partial charge is 0.263 e. The molecule has 1 aromatic heterocycles. The van der Waals surface area contributed by atoms with Crippen molar-refractivity contribution in [2.75, 3.05) is 19.7 Å². The maximum Gasteiger partial charge on any atom is 0.263 e. The van der Waals surface area contributed by atoms with E-state index in [0.29, 0.717) is 31.7 Å². The number of hydrogen-bond acceptors (Lipinski definition) is 6. The van der Waals surface area contributed by atoms with Crippen LogP contribution in [-0.4, -0.2) is 39.9 Å². The molecular formula is C18H21N3O5S. The lowest BCUT2D eigenvalue weighted by Crippen LogP contribution is -2.26. The summed E-state index contributed by atoms with van der Waals surface area (Å²) in [5, 5.41) is 2.79. The van der Waals surface area contributed by atoms with E-state index in [1.807, 2.05) is 6.07 Å². The fourth-order valence-corrected chi connectivity index (χ4v) is 3.83. The molecule has 0 spiro atoms. The first-order valence-corrected chi connectivity index (χ1v) is 10.1. The highest BCUT2D eigenvalue weighted by atomic mass is 32.2. The molecule has 2 aromatic rings. The van der Waals surface area contributed by atoms with E-state index in [1.54, 1.807) is 30.5 Å². The third-order valence-electron chi connectivity index (χ3n) is 3.88. The molecule has 144 valence electrons. The average molecular weight is 391 g/mol. The number of sulfonamides is 1. The van der Waals surface area contributed by atoms with Crippen LogP contribution in [0.25, 0.3) is 0 Å². The number of nitrogens with one attached hydrogen (secondary N) is 2. The number of aliphatic imine (C=N–C) groups is 1. The van der Waals surface area contributed by atoms with Gasteiger partial charge in [0.25, 0.3) is 10.0 Å². The number of carbonyl (C=O) groups is 1. The van der Waals surface area contributed by atoms with Gasteiger partial charge >= 0.3 is 0 Å². The molecule has 0 radical (unpaired) electrons. The molecule has 9 heteroatoms. The van der Waals surface area contributed by atoms with Gasteiger partial charge in [-0.3, -0.25) is 14.5 Å². The summed E-state index contributed by atoms with van der Waals surface area (Å²) in [6.45, 7) is 1.63. The third-order valence-corrected chi connectivity index (χ3v) is 5.28. The molecule has 2 heterocycles. The Morgan fingerprint density at radius 3 is 2.89 bits per heavy atom. The Hall–Kier alpha value is -2.65. The number of ether oxygens (including phenoxy) is 1. The molecule has 0 atom stereocenters. The second-order valence-corrected chi connectivity index (χ2v) is 7.57. The van der Waals surface area contributed by atoms with E-state index in [2.05, 4.69) is 15.0 Å². The Morgan fingerprint density at radius 2 is 2.07 bits per heavy atom. The predicted molar refractivity (Wildman–Crippen MR) is 98.8 cm³/mol. The standard InChI is InChI=1S/C18H21N3O5S/c22-17(19-9-4-11-25-13-14-5-3-12-26-14)8-10-20-18-15-6-1-2-7-16(15)27(23,24)21-18/h1-3,5-7,12H,4,8-11,13H2,(H,19,22)(H,20,21). The normalized spacial score (nSPS) is 16.1. The summed E-state index contributed by atoms with van der Waals surface area (Å²) in [6.07, 6.45) is 2.46. The monoisotopic (exact) mass is 391 g/mol. The van der Waals surface area contributed by atoms with Crippen molar-refractivity contribution < 1.29 is 22.4 Å². The van der Waals surface area contributed by atoms with Crippen LogP contribution in [-0.2, 0) is 26.2 Å². The van der Waals surface area contributed by atoms with Crippen LogP contribution >= 0.6 is 0 Å². The summed E-state index contributed by atoms with van der Waals surface area (Å²) < 4.78 is 36.9. The number of amides is 1. The molecule has 1 amide bonds. The minimum Gasteiger partial charge on any atom is -0.467 e. The molecule has 0 fully saturated rings. The second-order valence-electron chi connectivity index (χ2n) is 5.92. The van der Waals surface area contributed by atoms with Gasteiger partial charge in [-0.1, -0.05) is 12.1 Å². The zero-order chi connectivity index (χ0) is 19.1. The summed E-state index contributed by atoms with van der Waals surface area (Å²) in [7, 11) is -3.55. The van der Waals surface area contributed by atoms with Crippen molar-refractivity contribution in [1.29, 1.82) is 0 Å². The number of rotatable bonds is 9. The van der Waals surface area contributed by atoms with Gasteiger partial charge in [0, 0.05) is 25.1 Å². The number of hydrogen-bond donors (Lipinski definition) is 2. The van der Waals surface area contributed by atoms with Crippen LogP contribution in [0.2, 0.25) is 0 Å². The summed E-state index contributed by atoms with van der Waals surface area (Å²) in [5.41, 5.74) is 0.534. The van der Waals surface area contributed by atoms with E-state index in [0.717, 1.165) is 5.76 Å². The van der Waals surface area contributed by atoms with E-state index in [1.165, 1.54) is 6.07 Å². The first-order chi connectivity index (χ1) is 13.1. The number of benzene rings is 1. The van der Waals surface area contributed by atoms with Gasteiger partial charge in [0.15, 0.2) is 0 Å². The largest absolute Gasteiger partial charge is 0.467 e. The maximum atomic E-state index is 12.0. The number of amidine groups is 1. The van der Waals surface area contributed by atoms with Crippen molar-refractivity contribution in [1.82, 2.24) is 10.0 Å². The average Bonchev–Trinajstić information content (AvgIpc) is 3.25. The van der Waals surface area contributed by atoms with Crippen molar-refractivity contribution in [2.45, 2.75) is 24.3 Å². The highest BCUT2D eigenvalue weighted by molar-refractivity contribution is 7.90. The van der Waals surface area contributed by atoms with Crippen LogP contribution in [0.4, 0.5) is 0 Å². The molecule has 0 saturated heterocycles. The number of fused-ring (bicyclic) bond motifs is 1. The number of carbonyl (C=O) groups excluding carboxylic acids is 1.